The molecule has 0 bridgehead atoms. The highest BCUT2D eigenvalue weighted by atomic mass is 19.1. The maximum atomic E-state index is 13.4. The van der Waals surface area contributed by atoms with Gasteiger partial charge in [0.05, 0.1) is 32.5 Å². The lowest BCUT2D eigenvalue weighted by Gasteiger charge is -2.42. The van der Waals surface area contributed by atoms with Gasteiger partial charge in [0.1, 0.15) is 11.4 Å². The molecule has 0 saturated carbocycles. The molecule has 1 aliphatic heterocycles. The van der Waals surface area contributed by atoms with Crippen LogP contribution in [0.4, 0.5) is 4.39 Å². The molecule has 2 heterocycles. The molecular weight excluding hydrogens is 313 g/mol. The largest absolute Gasteiger partial charge is 0.393 e. The number of hydrogen-bond donors (Lipinski definition) is 2. The van der Waals surface area contributed by atoms with Gasteiger partial charge in [-0.05, 0) is 17.7 Å². The number of amides is 1. The summed E-state index contributed by atoms with van der Waals surface area (Å²) in [7, 11) is 0. The zero-order chi connectivity index (χ0) is 17.0. The molecule has 0 radical (unpaired) electrons. The summed E-state index contributed by atoms with van der Waals surface area (Å²) in [6, 6.07) is 6.21. The zero-order valence-corrected chi connectivity index (χ0v) is 13.2. The van der Waals surface area contributed by atoms with Gasteiger partial charge in [-0.25, -0.2) is 9.37 Å². The Labute approximate surface area is 139 Å². The first-order chi connectivity index (χ1) is 11.6. The zero-order valence-electron chi connectivity index (χ0n) is 13.2. The number of rotatable bonds is 5. The van der Waals surface area contributed by atoms with E-state index in [1.165, 1.54) is 18.5 Å². The number of carbonyl (C=O) groups excluding carboxylic acids is 1. The summed E-state index contributed by atoms with van der Waals surface area (Å²) >= 11 is 0. The van der Waals surface area contributed by atoms with Crippen molar-refractivity contribution in [3.05, 3.63) is 53.9 Å². The van der Waals surface area contributed by atoms with Gasteiger partial charge >= 0.3 is 0 Å². The highest BCUT2D eigenvalue weighted by Crippen LogP contribution is 2.24. The molecule has 0 spiro atoms. The van der Waals surface area contributed by atoms with Crippen molar-refractivity contribution in [1.82, 2.24) is 14.9 Å². The summed E-state index contributed by atoms with van der Waals surface area (Å²) in [5, 5.41) is 9.86. The molecule has 24 heavy (non-hydrogen) atoms. The van der Waals surface area contributed by atoms with E-state index in [1.54, 1.807) is 23.2 Å². The van der Waals surface area contributed by atoms with Crippen LogP contribution in [0.25, 0.3) is 0 Å². The molecule has 0 unspecified atom stereocenters. The van der Waals surface area contributed by atoms with Crippen LogP contribution in [0.3, 0.4) is 0 Å². The number of benzene rings is 1. The lowest BCUT2D eigenvalue weighted by molar-refractivity contribution is -0.157. The van der Waals surface area contributed by atoms with Crippen LogP contribution < -0.4 is 0 Å². The Morgan fingerprint density at radius 3 is 3.08 bits per heavy atom. The highest BCUT2D eigenvalue weighted by molar-refractivity contribution is 5.78. The van der Waals surface area contributed by atoms with Crippen LogP contribution >= 0.6 is 0 Å². The summed E-state index contributed by atoms with van der Waals surface area (Å²) < 4.78 is 19.2. The Balaban J connectivity index is 1.70. The molecule has 1 saturated heterocycles. The Morgan fingerprint density at radius 2 is 2.38 bits per heavy atom. The number of H-pyrrole nitrogens is 1. The van der Waals surface area contributed by atoms with Crippen molar-refractivity contribution >= 4 is 5.91 Å². The van der Waals surface area contributed by atoms with Gasteiger partial charge in [0.25, 0.3) is 0 Å². The third-order valence-corrected chi connectivity index (χ3v) is 4.20. The number of aromatic amines is 1. The number of aromatic nitrogens is 2. The highest BCUT2D eigenvalue weighted by Gasteiger charge is 2.38. The molecule has 2 N–H and O–H groups in total. The van der Waals surface area contributed by atoms with Crippen molar-refractivity contribution in [3.63, 3.8) is 0 Å². The topological polar surface area (TPSA) is 78.5 Å². The molecule has 6 nitrogen and oxygen atoms in total. The lowest BCUT2D eigenvalue weighted by atomic mass is 9.93. The van der Waals surface area contributed by atoms with Crippen LogP contribution in [0.1, 0.15) is 11.3 Å². The van der Waals surface area contributed by atoms with Crippen molar-refractivity contribution in [1.29, 1.82) is 0 Å². The Morgan fingerprint density at radius 1 is 1.50 bits per heavy atom. The first kappa shape index (κ1) is 16.6. The minimum Gasteiger partial charge on any atom is -0.393 e. The van der Waals surface area contributed by atoms with Gasteiger partial charge < -0.3 is 19.7 Å². The van der Waals surface area contributed by atoms with E-state index in [-0.39, 0.29) is 31.3 Å². The van der Waals surface area contributed by atoms with E-state index in [0.717, 1.165) is 11.3 Å². The van der Waals surface area contributed by atoms with E-state index in [0.29, 0.717) is 19.6 Å². The van der Waals surface area contributed by atoms with Gasteiger partial charge in [0.15, 0.2) is 0 Å². The fraction of sp³-hybridized carbons (Fsp3) is 0.412. The summed E-state index contributed by atoms with van der Waals surface area (Å²) in [6.07, 6.45) is 3.71. The standard InChI is InChI=1S/C17H20FN3O3/c18-14-3-1-2-13(6-14)8-17(11-22)10-21(4-5-24-17)16(23)7-15-9-19-12-20-15/h1-3,6,9,12,22H,4-5,7-8,10-11H2,(H,19,20)/t17-/m1/s1. The quantitative estimate of drug-likeness (QED) is 0.853. The van der Waals surface area contributed by atoms with E-state index < -0.39 is 5.60 Å². The summed E-state index contributed by atoms with van der Waals surface area (Å²) in [5.74, 6) is -0.386. The minimum absolute atomic E-state index is 0.0559. The second kappa shape index (κ2) is 7.11. The molecule has 1 aliphatic rings. The third kappa shape index (κ3) is 3.80. The lowest BCUT2D eigenvalue weighted by Crippen LogP contribution is -2.57. The molecule has 1 aromatic heterocycles. The van der Waals surface area contributed by atoms with Crippen LogP contribution in [0.5, 0.6) is 0 Å². The number of aliphatic hydroxyl groups excluding tert-OH is 1. The van der Waals surface area contributed by atoms with Gasteiger partial charge in [0, 0.05) is 24.9 Å². The summed E-state index contributed by atoms with van der Waals surface area (Å²) in [6.45, 7) is 0.840. The maximum Gasteiger partial charge on any atom is 0.228 e. The van der Waals surface area contributed by atoms with Gasteiger partial charge in [-0.15, -0.1) is 0 Å². The van der Waals surface area contributed by atoms with E-state index in [2.05, 4.69) is 9.97 Å². The van der Waals surface area contributed by atoms with Gasteiger partial charge in [-0.3, -0.25) is 4.79 Å². The van der Waals surface area contributed by atoms with Crippen LogP contribution in [0.15, 0.2) is 36.8 Å². The van der Waals surface area contributed by atoms with Crippen molar-refractivity contribution in [2.24, 2.45) is 0 Å². The normalized spacial score (nSPS) is 21.0. The number of halogens is 1. The minimum atomic E-state index is -0.907. The Bertz CT molecular complexity index is 692. The number of carbonyl (C=O) groups is 1. The van der Waals surface area contributed by atoms with Crippen molar-refractivity contribution in [2.45, 2.75) is 18.4 Å². The number of aliphatic hydroxyl groups is 1. The van der Waals surface area contributed by atoms with Gasteiger partial charge in [-0.2, -0.15) is 0 Å². The predicted octanol–water partition coefficient (Wildman–Crippen LogP) is 0.924. The SMILES string of the molecule is O=C(Cc1cnc[nH]1)N1CCO[C@](CO)(Cc2cccc(F)c2)C1. The molecule has 7 heteroatoms. The second-order valence-electron chi connectivity index (χ2n) is 6.07. The fourth-order valence-electron chi connectivity index (χ4n) is 2.99. The number of morpholine rings is 1. The summed E-state index contributed by atoms with van der Waals surface area (Å²) in [4.78, 5) is 20.9. The first-order valence-corrected chi connectivity index (χ1v) is 7.84. The third-order valence-electron chi connectivity index (χ3n) is 4.20. The van der Waals surface area contributed by atoms with Crippen molar-refractivity contribution in [3.8, 4) is 0 Å². The monoisotopic (exact) mass is 333 g/mol. The smallest absolute Gasteiger partial charge is 0.228 e. The van der Waals surface area contributed by atoms with Crippen LogP contribution in [0, 0.1) is 5.82 Å². The predicted molar refractivity (Wildman–Crippen MR) is 84.7 cm³/mol. The maximum absolute atomic E-state index is 13.4. The van der Waals surface area contributed by atoms with Crippen LogP contribution in [-0.4, -0.2) is 57.8 Å². The molecule has 1 aromatic carbocycles. The van der Waals surface area contributed by atoms with Crippen molar-refractivity contribution in [2.75, 3.05) is 26.3 Å². The van der Waals surface area contributed by atoms with E-state index in [9.17, 15) is 14.3 Å². The Kier molecular flexibility index (Phi) is 4.92. The van der Waals surface area contributed by atoms with Crippen molar-refractivity contribution < 1.29 is 19.0 Å². The molecule has 3 rings (SSSR count). The molecule has 0 aliphatic carbocycles. The van der Waals surface area contributed by atoms with Crippen LogP contribution in [-0.2, 0) is 22.4 Å². The molecule has 1 amide bonds. The molecule has 1 atom stereocenters. The Hall–Kier alpha value is -2.25. The van der Waals surface area contributed by atoms with Gasteiger partial charge in [0.2, 0.25) is 5.91 Å². The van der Waals surface area contributed by atoms with E-state index >= 15 is 0 Å². The van der Waals surface area contributed by atoms with Crippen LogP contribution in [0.2, 0.25) is 0 Å². The second-order valence-corrected chi connectivity index (χ2v) is 6.07. The molecule has 128 valence electrons. The molecule has 1 fully saturated rings. The number of nitrogens with zero attached hydrogens (tertiary/aromatic N) is 2. The number of ether oxygens (including phenoxy) is 1. The number of imidazole rings is 1. The first-order valence-electron chi connectivity index (χ1n) is 7.84. The number of hydrogen-bond acceptors (Lipinski definition) is 4. The average molecular weight is 333 g/mol. The van der Waals surface area contributed by atoms with E-state index in [1.807, 2.05) is 0 Å². The summed E-state index contributed by atoms with van der Waals surface area (Å²) in [5.41, 5.74) is 0.563. The fourth-order valence-corrected chi connectivity index (χ4v) is 2.99. The van der Waals surface area contributed by atoms with Gasteiger partial charge in [-0.1, -0.05) is 12.1 Å². The molecule has 2 aromatic rings. The molecular formula is C17H20FN3O3. The average Bonchev–Trinajstić information content (AvgIpc) is 3.08. The number of nitrogens with one attached hydrogen (secondary N) is 1. The van der Waals surface area contributed by atoms with E-state index in [4.69, 9.17) is 4.74 Å².